The fourth-order valence-electron chi connectivity index (χ4n) is 1.77. The van der Waals surface area contributed by atoms with Crippen LogP contribution in [0.15, 0.2) is 26.5 Å². The summed E-state index contributed by atoms with van der Waals surface area (Å²) in [5, 5.41) is 0.626. The number of aliphatic imine (C=N–C) groups is 1. The predicted octanol–water partition coefficient (Wildman–Crippen LogP) is 3.14. The highest BCUT2D eigenvalue weighted by molar-refractivity contribution is 14.1. The van der Waals surface area contributed by atoms with Gasteiger partial charge >= 0.3 is 0 Å². The standard InChI is InChI=1S/C10H12ClIN2/c1-6(2)14-5-8(12)7-4-13-10(11)3-9(7)14/h3,5-7H,4H2,1-2H3. The molecule has 0 N–H and O–H groups in total. The van der Waals surface area contributed by atoms with Gasteiger partial charge < -0.3 is 4.90 Å². The fraction of sp³-hybridized carbons (Fsp3) is 0.500. The Bertz CT molecular complexity index is 344. The molecule has 0 saturated heterocycles. The van der Waals surface area contributed by atoms with Crippen molar-refractivity contribution in [2.45, 2.75) is 19.9 Å². The second-order valence-electron chi connectivity index (χ2n) is 3.80. The molecule has 0 aromatic rings. The number of nitrogens with zero attached hydrogens (tertiary/aromatic N) is 2. The van der Waals surface area contributed by atoms with Crippen LogP contribution in [0.5, 0.6) is 0 Å². The molecule has 1 unspecified atom stereocenters. The van der Waals surface area contributed by atoms with Crippen molar-refractivity contribution in [2.24, 2.45) is 10.9 Å². The third-order valence-corrected chi connectivity index (χ3v) is 3.76. The minimum absolute atomic E-state index is 0.445. The molecule has 2 aliphatic rings. The SMILES string of the molecule is CC(C)N1C=C(I)C2CN=C(Cl)C=C21. The Kier molecular flexibility index (Phi) is 2.88. The van der Waals surface area contributed by atoms with Gasteiger partial charge in [-0.2, -0.15) is 0 Å². The van der Waals surface area contributed by atoms with E-state index in [0.717, 1.165) is 6.54 Å². The maximum Gasteiger partial charge on any atom is 0.125 e. The van der Waals surface area contributed by atoms with Gasteiger partial charge in [-0.05, 0) is 42.5 Å². The number of hydrogen-bond acceptors (Lipinski definition) is 2. The zero-order valence-electron chi connectivity index (χ0n) is 8.17. The molecule has 0 fully saturated rings. The number of rotatable bonds is 1. The molecule has 76 valence electrons. The number of fused-ring (bicyclic) bond motifs is 1. The number of halogens is 2. The van der Waals surface area contributed by atoms with Crippen molar-refractivity contribution in [2.75, 3.05) is 6.54 Å². The largest absolute Gasteiger partial charge is 0.347 e. The second kappa shape index (κ2) is 3.85. The summed E-state index contributed by atoms with van der Waals surface area (Å²) in [5.74, 6) is 0.445. The van der Waals surface area contributed by atoms with Gasteiger partial charge in [0.1, 0.15) is 5.17 Å². The van der Waals surface area contributed by atoms with Crippen molar-refractivity contribution >= 4 is 39.4 Å². The van der Waals surface area contributed by atoms with Crippen LogP contribution < -0.4 is 0 Å². The lowest BCUT2D eigenvalue weighted by atomic mass is 10.1. The highest BCUT2D eigenvalue weighted by Crippen LogP contribution is 2.38. The van der Waals surface area contributed by atoms with Crippen LogP contribution in [-0.4, -0.2) is 22.7 Å². The van der Waals surface area contributed by atoms with Crippen LogP contribution in [0.4, 0.5) is 0 Å². The Morgan fingerprint density at radius 3 is 3.00 bits per heavy atom. The van der Waals surface area contributed by atoms with Crippen LogP contribution in [0.2, 0.25) is 0 Å². The quantitative estimate of drug-likeness (QED) is 0.677. The van der Waals surface area contributed by atoms with Crippen molar-refractivity contribution in [3.05, 3.63) is 21.6 Å². The molecule has 0 spiro atoms. The Morgan fingerprint density at radius 2 is 2.36 bits per heavy atom. The minimum atomic E-state index is 0.445. The average Bonchev–Trinajstić information content (AvgIpc) is 2.43. The fourth-order valence-corrected chi connectivity index (χ4v) is 2.76. The van der Waals surface area contributed by atoms with E-state index in [4.69, 9.17) is 11.6 Å². The summed E-state index contributed by atoms with van der Waals surface area (Å²) in [6.45, 7) is 5.16. The predicted molar refractivity (Wildman–Crippen MR) is 68.8 cm³/mol. The summed E-state index contributed by atoms with van der Waals surface area (Å²) < 4.78 is 1.36. The monoisotopic (exact) mass is 322 g/mol. The van der Waals surface area contributed by atoms with Crippen molar-refractivity contribution in [1.82, 2.24) is 4.90 Å². The summed E-state index contributed by atoms with van der Waals surface area (Å²) in [6, 6.07) is 0.485. The molecule has 2 nitrogen and oxygen atoms in total. The average molecular weight is 323 g/mol. The molecule has 4 heteroatoms. The summed E-state index contributed by atoms with van der Waals surface area (Å²) >= 11 is 8.31. The molecular weight excluding hydrogens is 310 g/mol. The summed E-state index contributed by atoms with van der Waals surface area (Å²) in [5.41, 5.74) is 1.30. The molecule has 0 aromatic carbocycles. The zero-order chi connectivity index (χ0) is 10.3. The van der Waals surface area contributed by atoms with Crippen LogP contribution in [-0.2, 0) is 0 Å². The summed E-state index contributed by atoms with van der Waals surface area (Å²) in [4.78, 5) is 6.53. The Hall–Kier alpha value is -0.0300. The van der Waals surface area contributed by atoms with Gasteiger partial charge in [0.05, 0.1) is 12.5 Å². The summed E-state index contributed by atoms with van der Waals surface area (Å²) in [6.07, 6.45) is 4.19. The first-order valence-corrected chi connectivity index (χ1v) is 6.12. The molecule has 2 heterocycles. The van der Waals surface area contributed by atoms with Gasteiger partial charge in [0.2, 0.25) is 0 Å². The first-order valence-electron chi connectivity index (χ1n) is 4.66. The molecule has 0 aliphatic carbocycles. The van der Waals surface area contributed by atoms with Crippen LogP contribution in [0.1, 0.15) is 13.8 Å². The number of allylic oxidation sites excluding steroid dienone is 1. The third-order valence-electron chi connectivity index (χ3n) is 2.50. The minimum Gasteiger partial charge on any atom is -0.347 e. The van der Waals surface area contributed by atoms with Crippen molar-refractivity contribution in [1.29, 1.82) is 0 Å². The van der Waals surface area contributed by atoms with Crippen molar-refractivity contribution in [3.8, 4) is 0 Å². The van der Waals surface area contributed by atoms with E-state index in [1.165, 1.54) is 9.28 Å². The van der Waals surface area contributed by atoms with E-state index in [-0.39, 0.29) is 0 Å². The highest BCUT2D eigenvalue weighted by Gasteiger charge is 2.31. The lowest BCUT2D eigenvalue weighted by Gasteiger charge is -2.26. The molecule has 0 aromatic heterocycles. The maximum absolute atomic E-state index is 5.92. The van der Waals surface area contributed by atoms with E-state index in [1.807, 2.05) is 6.08 Å². The van der Waals surface area contributed by atoms with Crippen LogP contribution in [0.25, 0.3) is 0 Å². The number of hydrogen-bond donors (Lipinski definition) is 0. The van der Waals surface area contributed by atoms with Gasteiger partial charge in [-0.1, -0.05) is 11.6 Å². The van der Waals surface area contributed by atoms with Crippen LogP contribution in [0, 0.1) is 5.92 Å². The van der Waals surface area contributed by atoms with E-state index < -0.39 is 0 Å². The van der Waals surface area contributed by atoms with Gasteiger partial charge in [0, 0.05) is 21.5 Å². The molecular formula is C10H12ClIN2. The van der Waals surface area contributed by atoms with E-state index >= 15 is 0 Å². The Balaban J connectivity index is 2.34. The highest BCUT2D eigenvalue weighted by atomic mass is 127. The molecule has 0 bridgehead atoms. The van der Waals surface area contributed by atoms with Gasteiger partial charge in [0.25, 0.3) is 0 Å². The van der Waals surface area contributed by atoms with E-state index in [1.54, 1.807) is 0 Å². The maximum atomic E-state index is 5.92. The Morgan fingerprint density at radius 1 is 1.64 bits per heavy atom. The topological polar surface area (TPSA) is 15.6 Å². The third kappa shape index (κ3) is 1.72. The molecule has 2 aliphatic heterocycles. The van der Waals surface area contributed by atoms with E-state index in [2.05, 4.69) is 52.5 Å². The lowest BCUT2D eigenvalue weighted by Crippen LogP contribution is -2.26. The van der Waals surface area contributed by atoms with E-state index in [9.17, 15) is 0 Å². The van der Waals surface area contributed by atoms with Gasteiger partial charge in [0.15, 0.2) is 0 Å². The molecule has 0 radical (unpaired) electrons. The smallest absolute Gasteiger partial charge is 0.125 e. The second-order valence-corrected chi connectivity index (χ2v) is 5.43. The molecule has 0 amide bonds. The normalized spacial score (nSPS) is 25.9. The Labute approximate surface area is 103 Å². The first kappa shape index (κ1) is 10.5. The number of dihydropyridines is 1. The van der Waals surface area contributed by atoms with E-state index in [0.29, 0.717) is 17.1 Å². The zero-order valence-corrected chi connectivity index (χ0v) is 11.1. The summed E-state index contributed by atoms with van der Waals surface area (Å²) in [7, 11) is 0. The van der Waals surface area contributed by atoms with Crippen LogP contribution >= 0.6 is 34.2 Å². The lowest BCUT2D eigenvalue weighted by molar-refractivity contribution is 0.377. The molecule has 14 heavy (non-hydrogen) atoms. The van der Waals surface area contributed by atoms with Crippen LogP contribution in [0.3, 0.4) is 0 Å². The van der Waals surface area contributed by atoms with Gasteiger partial charge in [-0.15, -0.1) is 0 Å². The molecule has 2 rings (SSSR count). The van der Waals surface area contributed by atoms with Crippen molar-refractivity contribution < 1.29 is 0 Å². The first-order chi connectivity index (χ1) is 6.59. The molecule has 1 atom stereocenters. The van der Waals surface area contributed by atoms with Gasteiger partial charge in [-0.3, -0.25) is 4.99 Å². The molecule has 0 saturated carbocycles. The van der Waals surface area contributed by atoms with Crippen molar-refractivity contribution in [3.63, 3.8) is 0 Å². The van der Waals surface area contributed by atoms with Gasteiger partial charge in [-0.25, -0.2) is 0 Å².